The molecule has 28 heavy (non-hydrogen) atoms. The van der Waals surface area contributed by atoms with E-state index in [-0.39, 0.29) is 12.4 Å². The maximum atomic E-state index is 12.9. The molecule has 2 aromatic carbocycles. The number of ether oxygens (including phenoxy) is 1. The van der Waals surface area contributed by atoms with E-state index in [2.05, 4.69) is 20.4 Å². The number of rotatable bonds is 8. The molecule has 152 valence electrons. The first-order chi connectivity index (χ1) is 13.4. The minimum Gasteiger partial charge on any atom is -0.367 e. The van der Waals surface area contributed by atoms with Gasteiger partial charge in [-0.2, -0.15) is 13.2 Å². The van der Waals surface area contributed by atoms with Gasteiger partial charge in [-0.25, -0.2) is 9.38 Å². The molecule has 0 aliphatic carbocycles. The lowest BCUT2D eigenvalue weighted by Crippen LogP contribution is -2.36. The van der Waals surface area contributed by atoms with Crippen molar-refractivity contribution < 1.29 is 22.3 Å². The van der Waals surface area contributed by atoms with Crippen LogP contribution in [0.15, 0.2) is 53.5 Å². The Morgan fingerprint density at radius 2 is 1.54 bits per heavy atom. The van der Waals surface area contributed by atoms with Gasteiger partial charge in [0.25, 0.3) is 0 Å². The van der Waals surface area contributed by atoms with E-state index in [1.54, 1.807) is 24.3 Å². The standard InChI is InChI=1S/C20H23F4N3O/c1-2-25-19(27-12-16-7-9-18(21)10-8-16)26-11-15-3-5-17(6-4-15)13-28-14-20(22,23)24/h3-10H,2,11-14H2,1H3,(H2,25,26,27). The van der Waals surface area contributed by atoms with E-state index in [1.807, 2.05) is 19.1 Å². The average Bonchev–Trinajstić information content (AvgIpc) is 2.65. The second kappa shape index (κ2) is 10.7. The molecular formula is C20H23F4N3O. The summed E-state index contributed by atoms with van der Waals surface area (Å²) >= 11 is 0. The summed E-state index contributed by atoms with van der Waals surface area (Å²) in [6.45, 7) is 2.20. The number of nitrogens with zero attached hydrogens (tertiary/aromatic N) is 1. The van der Waals surface area contributed by atoms with Crippen LogP contribution in [0.5, 0.6) is 0 Å². The highest BCUT2D eigenvalue weighted by Gasteiger charge is 2.27. The summed E-state index contributed by atoms with van der Waals surface area (Å²) in [7, 11) is 0. The first kappa shape index (κ1) is 21.7. The molecule has 0 unspecified atom stereocenters. The van der Waals surface area contributed by atoms with Crippen LogP contribution in [0.1, 0.15) is 23.6 Å². The van der Waals surface area contributed by atoms with E-state index in [9.17, 15) is 17.6 Å². The predicted molar refractivity (Wildman–Crippen MR) is 100 cm³/mol. The molecule has 0 bridgehead atoms. The third kappa shape index (κ3) is 8.39. The van der Waals surface area contributed by atoms with Gasteiger partial charge in [-0.3, -0.25) is 0 Å². The Labute approximate surface area is 161 Å². The summed E-state index contributed by atoms with van der Waals surface area (Å²) in [6.07, 6.45) is -4.32. The van der Waals surface area contributed by atoms with E-state index in [0.29, 0.717) is 31.2 Å². The molecule has 0 saturated carbocycles. The monoisotopic (exact) mass is 397 g/mol. The second-order valence-electron chi connectivity index (χ2n) is 6.10. The fourth-order valence-corrected chi connectivity index (χ4v) is 2.33. The van der Waals surface area contributed by atoms with Crippen LogP contribution in [0.4, 0.5) is 17.6 Å². The minimum atomic E-state index is -4.32. The summed E-state index contributed by atoms with van der Waals surface area (Å²) in [5.74, 6) is 0.328. The lowest BCUT2D eigenvalue weighted by atomic mass is 10.1. The first-order valence-corrected chi connectivity index (χ1v) is 8.84. The highest BCUT2D eigenvalue weighted by molar-refractivity contribution is 5.79. The van der Waals surface area contributed by atoms with Crippen LogP contribution in [-0.2, 0) is 24.4 Å². The number of guanidine groups is 1. The summed E-state index contributed by atoms with van der Waals surface area (Å²) in [5.41, 5.74) is 2.51. The second-order valence-corrected chi connectivity index (χ2v) is 6.10. The van der Waals surface area contributed by atoms with Gasteiger partial charge in [-0.1, -0.05) is 36.4 Å². The number of halogens is 4. The molecule has 0 radical (unpaired) electrons. The van der Waals surface area contributed by atoms with Crippen LogP contribution in [0.25, 0.3) is 0 Å². The Kier molecular flexibility index (Phi) is 8.25. The molecule has 2 N–H and O–H groups in total. The van der Waals surface area contributed by atoms with E-state index < -0.39 is 12.8 Å². The van der Waals surface area contributed by atoms with Gasteiger partial charge in [0, 0.05) is 13.1 Å². The highest BCUT2D eigenvalue weighted by Crippen LogP contribution is 2.15. The van der Waals surface area contributed by atoms with Crippen LogP contribution in [0.3, 0.4) is 0 Å². The number of alkyl halides is 3. The Morgan fingerprint density at radius 3 is 2.14 bits per heavy atom. The van der Waals surface area contributed by atoms with Crippen molar-refractivity contribution in [1.82, 2.24) is 10.6 Å². The fourth-order valence-electron chi connectivity index (χ4n) is 2.33. The molecule has 4 nitrogen and oxygen atoms in total. The molecule has 0 aromatic heterocycles. The van der Waals surface area contributed by atoms with Gasteiger partial charge in [0.2, 0.25) is 0 Å². The molecule has 0 saturated heterocycles. The Hall–Kier alpha value is -2.61. The number of nitrogens with one attached hydrogen (secondary N) is 2. The van der Waals surface area contributed by atoms with Gasteiger partial charge in [-0.05, 0) is 35.7 Å². The lowest BCUT2D eigenvalue weighted by Gasteiger charge is -2.12. The van der Waals surface area contributed by atoms with Crippen LogP contribution in [-0.4, -0.2) is 25.3 Å². The zero-order chi connectivity index (χ0) is 20.4. The minimum absolute atomic E-state index is 0.0883. The number of hydrogen-bond donors (Lipinski definition) is 2. The summed E-state index contributed by atoms with van der Waals surface area (Å²) < 4.78 is 53.8. The quantitative estimate of drug-likeness (QED) is 0.400. The smallest absolute Gasteiger partial charge is 0.367 e. The molecular weight excluding hydrogens is 374 g/mol. The van der Waals surface area contributed by atoms with Gasteiger partial charge in [0.05, 0.1) is 13.2 Å². The first-order valence-electron chi connectivity index (χ1n) is 8.84. The topological polar surface area (TPSA) is 45.7 Å². The largest absolute Gasteiger partial charge is 0.411 e. The van der Waals surface area contributed by atoms with Crippen molar-refractivity contribution in [2.45, 2.75) is 32.8 Å². The Morgan fingerprint density at radius 1 is 0.929 bits per heavy atom. The molecule has 0 spiro atoms. The maximum absolute atomic E-state index is 12.9. The van der Waals surface area contributed by atoms with Crippen LogP contribution in [0, 0.1) is 5.82 Å². The third-order valence-electron chi connectivity index (χ3n) is 3.69. The van der Waals surface area contributed by atoms with Gasteiger partial charge < -0.3 is 15.4 Å². The molecule has 0 fully saturated rings. The molecule has 0 heterocycles. The van der Waals surface area contributed by atoms with Crippen molar-refractivity contribution in [2.75, 3.05) is 13.2 Å². The van der Waals surface area contributed by atoms with Crippen molar-refractivity contribution in [2.24, 2.45) is 4.99 Å². The zero-order valence-electron chi connectivity index (χ0n) is 15.5. The summed E-state index contributed by atoms with van der Waals surface area (Å²) in [5, 5.41) is 6.31. The molecule has 2 rings (SSSR count). The summed E-state index contributed by atoms with van der Waals surface area (Å²) in [6, 6.07) is 13.3. The average molecular weight is 397 g/mol. The SMILES string of the molecule is CCNC(=NCc1ccc(F)cc1)NCc1ccc(COCC(F)(F)F)cc1. The van der Waals surface area contributed by atoms with Gasteiger partial charge in [0.15, 0.2) is 5.96 Å². The highest BCUT2D eigenvalue weighted by atomic mass is 19.4. The van der Waals surface area contributed by atoms with Gasteiger partial charge >= 0.3 is 6.18 Å². The maximum Gasteiger partial charge on any atom is 0.411 e. The lowest BCUT2D eigenvalue weighted by molar-refractivity contribution is -0.176. The number of hydrogen-bond acceptors (Lipinski definition) is 2. The van der Waals surface area contributed by atoms with Crippen molar-refractivity contribution in [3.63, 3.8) is 0 Å². The number of aliphatic imine (C=N–C) groups is 1. The van der Waals surface area contributed by atoms with Crippen LogP contribution < -0.4 is 10.6 Å². The van der Waals surface area contributed by atoms with E-state index in [0.717, 1.165) is 11.1 Å². The van der Waals surface area contributed by atoms with Gasteiger partial charge in [-0.15, -0.1) is 0 Å². The molecule has 8 heteroatoms. The van der Waals surface area contributed by atoms with Crippen LogP contribution >= 0.6 is 0 Å². The predicted octanol–water partition coefficient (Wildman–Crippen LogP) is 4.16. The normalized spacial score (nSPS) is 12.1. The van der Waals surface area contributed by atoms with Gasteiger partial charge in [0.1, 0.15) is 12.4 Å². The Balaban J connectivity index is 1.85. The van der Waals surface area contributed by atoms with E-state index in [4.69, 9.17) is 0 Å². The van der Waals surface area contributed by atoms with Crippen molar-refractivity contribution >= 4 is 5.96 Å². The fraction of sp³-hybridized carbons (Fsp3) is 0.350. The van der Waals surface area contributed by atoms with Crippen LogP contribution in [0.2, 0.25) is 0 Å². The van der Waals surface area contributed by atoms with E-state index >= 15 is 0 Å². The number of benzene rings is 2. The molecule has 0 aliphatic heterocycles. The van der Waals surface area contributed by atoms with Crippen molar-refractivity contribution in [3.05, 3.63) is 71.0 Å². The molecule has 0 amide bonds. The molecule has 0 aliphatic rings. The third-order valence-corrected chi connectivity index (χ3v) is 3.69. The zero-order valence-corrected chi connectivity index (χ0v) is 15.5. The molecule has 2 aromatic rings. The summed E-state index contributed by atoms with van der Waals surface area (Å²) in [4.78, 5) is 4.45. The molecule has 0 atom stereocenters. The van der Waals surface area contributed by atoms with Crippen molar-refractivity contribution in [3.8, 4) is 0 Å². The van der Waals surface area contributed by atoms with Crippen molar-refractivity contribution in [1.29, 1.82) is 0 Å². The Bertz CT molecular complexity index is 744. The van der Waals surface area contributed by atoms with E-state index in [1.165, 1.54) is 12.1 Å².